The second-order valence-corrected chi connectivity index (χ2v) is 5.07. The maximum atomic E-state index is 12.9. The van der Waals surface area contributed by atoms with Crippen LogP contribution in [-0.2, 0) is 0 Å². The number of hydrogen-bond acceptors (Lipinski definition) is 4. The number of aryl methyl sites for hydroxylation is 1. The lowest BCUT2D eigenvalue weighted by Crippen LogP contribution is -2.52. The first kappa shape index (κ1) is 15.6. The molecule has 0 aliphatic rings. The largest absolute Gasteiger partial charge is 0.383 e. The molecule has 1 rings (SSSR count). The Labute approximate surface area is 116 Å². The van der Waals surface area contributed by atoms with E-state index < -0.39 is 5.54 Å². The van der Waals surface area contributed by atoms with Gasteiger partial charge in [0.1, 0.15) is 5.82 Å². The first-order valence-corrected chi connectivity index (χ1v) is 6.92. The van der Waals surface area contributed by atoms with Crippen LogP contribution in [0.25, 0.3) is 0 Å². The minimum absolute atomic E-state index is 0.0624. The molecular formula is C15H25N3O. The third kappa shape index (κ3) is 2.95. The van der Waals surface area contributed by atoms with E-state index in [0.717, 1.165) is 25.1 Å². The number of anilines is 1. The van der Waals surface area contributed by atoms with E-state index in [4.69, 9.17) is 5.73 Å². The van der Waals surface area contributed by atoms with Gasteiger partial charge in [0.2, 0.25) is 0 Å². The molecule has 19 heavy (non-hydrogen) atoms. The Morgan fingerprint density at radius 2 is 1.95 bits per heavy atom. The zero-order valence-corrected chi connectivity index (χ0v) is 12.7. The van der Waals surface area contributed by atoms with Crippen molar-refractivity contribution in [1.82, 2.24) is 9.88 Å². The minimum Gasteiger partial charge on any atom is -0.383 e. The summed E-state index contributed by atoms with van der Waals surface area (Å²) in [5, 5.41) is 0. The molecule has 106 valence electrons. The number of nitrogen functional groups attached to an aromatic ring is 1. The molecule has 1 aromatic rings. The summed E-state index contributed by atoms with van der Waals surface area (Å²) in [6, 6.07) is 1.84. The summed E-state index contributed by atoms with van der Waals surface area (Å²) in [4.78, 5) is 19.1. The predicted octanol–water partition coefficient (Wildman–Crippen LogP) is 2.67. The van der Waals surface area contributed by atoms with Crippen molar-refractivity contribution in [2.24, 2.45) is 0 Å². The van der Waals surface area contributed by atoms with Crippen LogP contribution in [0.1, 0.15) is 50.0 Å². The number of Topliss-reactive ketones (excluding diaryl/α,β-unsaturated/α-hetero) is 1. The Balaban J connectivity index is 3.25. The molecule has 0 fully saturated rings. The number of nitrogens with zero attached hydrogens (tertiary/aromatic N) is 2. The molecule has 0 aliphatic heterocycles. The maximum Gasteiger partial charge on any atom is 0.186 e. The van der Waals surface area contributed by atoms with Gasteiger partial charge >= 0.3 is 0 Å². The van der Waals surface area contributed by atoms with Crippen LogP contribution in [0.15, 0.2) is 12.3 Å². The first-order valence-electron chi connectivity index (χ1n) is 6.92. The summed E-state index contributed by atoms with van der Waals surface area (Å²) in [6.07, 6.45) is 2.44. The Morgan fingerprint density at radius 1 is 1.37 bits per heavy atom. The number of likely N-dealkylation sites (N-methyl/N-ethyl adjacent to an activating group) is 1. The third-order valence-corrected chi connectivity index (χ3v) is 3.94. The number of ketones is 1. The molecule has 1 unspecified atom stereocenters. The van der Waals surface area contributed by atoms with E-state index in [9.17, 15) is 4.79 Å². The molecule has 1 atom stereocenters. The van der Waals surface area contributed by atoms with Crippen LogP contribution < -0.4 is 5.73 Å². The zero-order chi connectivity index (χ0) is 14.6. The number of nitrogens with two attached hydrogens (primary N) is 1. The standard InChI is InChI=1S/C15H25N3O/c1-6-15(5,18(7-2)8-3)13(19)12-9-11(4)10-17-14(12)16/h9-10H,6-8H2,1-5H3,(H2,16,17). The van der Waals surface area contributed by atoms with E-state index in [0.29, 0.717) is 11.4 Å². The molecule has 4 heteroatoms. The second-order valence-electron chi connectivity index (χ2n) is 5.07. The van der Waals surface area contributed by atoms with Crippen molar-refractivity contribution in [1.29, 1.82) is 0 Å². The molecular weight excluding hydrogens is 238 g/mol. The monoisotopic (exact) mass is 263 g/mol. The van der Waals surface area contributed by atoms with Gasteiger partial charge in [-0.3, -0.25) is 9.69 Å². The van der Waals surface area contributed by atoms with E-state index in [-0.39, 0.29) is 5.78 Å². The Bertz CT molecular complexity index is 455. The van der Waals surface area contributed by atoms with Crippen LogP contribution in [0, 0.1) is 6.92 Å². The average molecular weight is 263 g/mol. The molecule has 0 amide bonds. The van der Waals surface area contributed by atoms with Gasteiger partial charge in [-0.25, -0.2) is 4.98 Å². The van der Waals surface area contributed by atoms with Gasteiger partial charge in [-0.15, -0.1) is 0 Å². The van der Waals surface area contributed by atoms with Gasteiger partial charge in [-0.2, -0.15) is 0 Å². The predicted molar refractivity (Wildman–Crippen MR) is 79.3 cm³/mol. The van der Waals surface area contributed by atoms with Crippen LogP contribution >= 0.6 is 0 Å². The number of rotatable bonds is 6. The first-order chi connectivity index (χ1) is 8.90. The van der Waals surface area contributed by atoms with Crippen molar-refractivity contribution in [3.63, 3.8) is 0 Å². The molecule has 0 radical (unpaired) electrons. The van der Waals surface area contributed by atoms with E-state index in [1.54, 1.807) is 6.20 Å². The summed E-state index contributed by atoms with van der Waals surface area (Å²) in [7, 11) is 0. The number of pyridine rings is 1. The van der Waals surface area contributed by atoms with Gasteiger partial charge in [0.25, 0.3) is 0 Å². The number of hydrogen-bond donors (Lipinski definition) is 1. The maximum absolute atomic E-state index is 12.9. The highest BCUT2D eigenvalue weighted by molar-refractivity contribution is 6.06. The van der Waals surface area contributed by atoms with Crippen molar-refractivity contribution in [2.75, 3.05) is 18.8 Å². The lowest BCUT2D eigenvalue weighted by atomic mass is 9.86. The fourth-order valence-corrected chi connectivity index (χ4v) is 2.50. The fraction of sp³-hybridized carbons (Fsp3) is 0.600. The van der Waals surface area contributed by atoms with Crippen molar-refractivity contribution in [3.05, 3.63) is 23.4 Å². The van der Waals surface area contributed by atoms with Crippen LogP contribution in [0.2, 0.25) is 0 Å². The SMILES string of the molecule is CCN(CC)C(C)(CC)C(=O)c1cc(C)cnc1N. The van der Waals surface area contributed by atoms with Crippen LogP contribution in [-0.4, -0.2) is 34.3 Å². The van der Waals surface area contributed by atoms with E-state index >= 15 is 0 Å². The normalized spacial score (nSPS) is 14.4. The summed E-state index contributed by atoms with van der Waals surface area (Å²) in [5.41, 5.74) is 6.85. The average Bonchev–Trinajstić information content (AvgIpc) is 2.41. The summed E-state index contributed by atoms with van der Waals surface area (Å²) < 4.78 is 0. The molecule has 2 N–H and O–H groups in total. The van der Waals surface area contributed by atoms with Crippen molar-refractivity contribution in [3.8, 4) is 0 Å². The number of aromatic nitrogens is 1. The van der Waals surface area contributed by atoms with E-state index in [1.807, 2.05) is 26.8 Å². The highest BCUT2D eigenvalue weighted by Crippen LogP contribution is 2.26. The smallest absolute Gasteiger partial charge is 0.186 e. The molecule has 0 saturated carbocycles. The Morgan fingerprint density at radius 3 is 2.42 bits per heavy atom. The van der Waals surface area contributed by atoms with Crippen LogP contribution in [0.4, 0.5) is 5.82 Å². The van der Waals surface area contributed by atoms with E-state index in [1.165, 1.54) is 0 Å². The van der Waals surface area contributed by atoms with Crippen LogP contribution in [0.5, 0.6) is 0 Å². The van der Waals surface area contributed by atoms with Crippen molar-refractivity contribution >= 4 is 11.6 Å². The number of carbonyl (C=O) groups is 1. The van der Waals surface area contributed by atoms with Crippen molar-refractivity contribution in [2.45, 2.75) is 46.6 Å². The van der Waals surface area contributed by atoms with Gasteiger partial charge < -0.3 is 5.73 Å². The summed E-state index contributed by atoms with van der Waals surface area (Å²) in [5.74, 6) is 0.384. The third-order valence-electron chi connectivity index (χ3n) is 3.94. The van der Waals surface area contributed by atoms with Gasteiger partial charge in [-0.05, 0) is 45.0 Å². The van der Waals surface area contributed by atoms with Crippen LogP contribution in [0.3, 0.4) is 0 Å². The number of carbonyl (C=O) groups excluding carboxylic acids is 1. The zero-order valence-electron chi connectivity index (χ0n) is 12.7. The molecule has 0 bridgehead atoms. The highest BCUT2D eigenvalue weighted by Gasteiger charge is 2.37. The summed E-state index contributed by atoms with van der Waals surface area (Å²) >= 11 is 0. The Hall–Kier alpha value is -1.42. The molecule has 1 heterocycles. The quantitative estimate of drug-likeness (QED) is 0.802. The minimum atomic E-state index is -0.521. The Kier molecular flexibility index (Phi) is 5.06. The molecule has 0 saturated heterocycles. The van der Waals surface area contributed by atoms with Gasteiger partial charge in [0.05, 0.1) is 11.1 Å². The lowest BCUT2D eigenvalue weighted by Gasteiger charge is -2.38. The van der Waals surface area contributed by atoms with E-state index in [2.05, 4.69) is 23.7 Å². The fourth-order valence-electron chi connectivity index (χ4n) is 2.50. The topological polar surface area (TPSA) is 59.2 Å². The van der Waals surface area contributed by atoms with Gasteiger partial charge in [0, 0.05) is 6.20 Å². The lowest BCUT2D eigenvalue weighted by molar-refractivity contribution is 0.0608. The molecule has 1 aromatic heterocycles. The highest BCUT2D eigenvalue weighted by atomic mass is 16.1. The second kappa shape index (κ2) is 6.15. The molecule has 0 spiro atoms. The molecule has 4 nitrogen and oxygen atoms in total. The van der Waals surface area contributed by atoms with Crippen molar-refractivity contribution < 1.29 is 4.79 Å². The van der Waals surface area contributed by atoms with Gasteiger partial charge in [0.15, 0.2) is 5.78 Å². The molecule has 0 aliphatic carbocycles. The van der Waals surface area contributed by atoms with Gasteiger partial charge in [-0.1, -0.05) is 20.8 Å². The molecule has 0 aromatic carbocycles. The summed E-state index contributed by atoms with van der Waals surface area (Å²) in [6.45, 7) is 11.8.